The Hall–Kier alpha value is -0.280. The predicted molar refractivity (Wildman–Crippen MR) is 128 cm³/mol. The number of carbonyl (C=O) groups is 1. The minimum absolute atomic E-state index is 0. The van der Waals surface area contributed by atoms with Crippen molar-refractivity contribution in [3.8, 4) is 0 Å². The van der Waals surface area contributed by atoms with E-state index in [1.165, 1.54) is 77.0 Å². The van der Waals surface area contributed by atoms with E-state index >= 15 is 0 Å². The third-order valence-electron chi connectivity index (χ3n) is 5.37. The van der Waals surface area contributed by atoms with Gasteiger partial charge in [0.15, 0.2) is 0 Å². The number of hydrogen-bond donors (Lipinski definition) is 0. The van der Waals surface area contributed by atoms with Gasteiger partial charge in [0.05, 0.1) is 0 Å². The maximum atomic E-state index is 12.4. The van der Waals surface area contributed by atoms with Crippen LogP contribution in [0.5, 0.6) is 0 Å². The highest BCUT2D eigenvalue weighted by Gasteiger charge is 2.11. The molecular weight excluding hydrogens is 368 g/mol. The summed E-state index contributed by atoms with van der Waals surface area (Å²) in [7, 11) is 4.19. The lowest BCUT2D eigenvalue weighted by molar-refractivity contribution is -0.131. The zero-order valence-electron chi connectivity index (χ0n) is 19.6. The Balaban J connectivity index is 0. The lowest BCUT2D eigenvalue weighted by Gasteiger charge is -2.23. The van der Waals surface area contributed by atoms with Gasteiger partial charge in [0.25, 0.3) is 0 Å². The van der Waals surface area contributed by atoms with E-state index in [2.05, 4.69) is 37.7 Å². The molecule has 0 rings (SSSR count). The Morgan fingerprint density at radius 3 is 1.46 bits per heavy atom. The van der Waals surface area contributed by atoms with E-state index in [1.807, 2.05) is 0 Å². The summed E-state index contributed by atoms with van der Waals surface area (Å²) in [6.45, 7) is 7.35. The van der Waals surface area contributed by atoms with Crippen molar-refractivity contribution in [2.24, 2.45) is 0 Å². The normalized spacial score (nSPS) is 10.9. The van der Waals surface area contributed by atoms with E-state index in [4.69, 9.17) is 0 Å². The lowest BCUT2D eigenvalue weighted by atomic mass is 10.0. The maximum absolute atomic E-state index is 12.4. The first-order valence-electron chi connectivity index (χ1n) is 12.0. The van der Waals surface area contributed by atoms with E-state index in [0.29, 0.717) is 5.91 Å². The molecule has 0 bridgehead atoms. The standard InChI is InChI=1S/C24H50N2O.ClH/c1-5-7-8-9-10-11-12-13-14-15-16-17-18-20-24(27)26(21-6-2)23-19-22-25(3)4;/h5-23H2,1-4H3;1H. The summed E-state index contributed by atoms with van der Waals surface area (Å²) in [6, 6.07) is 0. The smallest absolute Gasteiger partial charge is 0.222 e. The molecule has 0 saturated carbocycles. The number of unbranched alkanes of at least 4 members (excludes halogenated alkanes) is 12. The molecule has 0 fully saturated rings. The van der Waals surface area contributed by atoms with Gasteiger partial charge in [-0.1, -0.05) is 90.9 Å². The summed E-state index contributed by atoms with van der Waals surface area (Å²) in [5.74, 6) is 0.374. The highest BCUT2D eigenvalue weighted by molar-refractivity contribution is 5.85. The lowest BCUT2D eigenvalue weighted by Crippen LogP contribution is -2.33. The van der Waals surface area contributed by atoms with Gasteiger partial charge in [-0.15, -0.1) is 12.4 Å². The van der Waals surface area contributed by atoms with Crippen LogP contribution >= 0.6 is 12.4 Å². The summed E-state index contributed by atoms with van der Waals surface area (Å²) in [5, 5.41) is 0. The number of rotatable bonds is 20. The summed E-state index contributed by atoms with van der Waals surface area (Å²) >= 11 is 0. The fourth-order valence-corrected chi connectivity index (χ4v) is 3.66. The Morgan fingerprint density at radius 2 is 1.04 bits per heavy atom. The van der Waals surface area contributed by atoms with Crippen LogP contribution in [0.2, 0.25) is 0 Å². The monoisotopic (exact) mass is 418 g/mol. The molecule has 0 N–H and O–H groups in total. The molecule has 0 aliphatic heterocycles. The Bertz CT molecular complexity index is 324. The molecule has 1 amide bonds. The van der Waals surface area contributed by atoms with Crippen LogP contribution in [0.3, 0.4) is 0 Å². The third kappa shape index (κ3) is 20.5. The fraction of sp³-hybridized carbons (Fsp3) is 0.958. The summed E-state index contributed by atoms with van der Waals surface area (Å²) in [5.41, 5.74) is 0. The molecule has 3 nitrogen and oxygen atoms in total. The van der Waals surface area contributed by atoms with Gasteiger partial charge in [-0.25, -0.2) is 0 Å². The van der Waals surface area contributed by atoms with Crippen LogP contribution < -0.4 is 0 Å². The van der Waals surface area contributed by atoms with E-state index in [9.17, 15) is 4.79 Å². The molecule has 170 valence electrons. The van der Waals surface area contributed by atoms with E-state index in [-0.39, 0.29) is 12.4 Å². The molecule has 0 heterocycles. The number of hydrogen-bond acceptors (Lipinski definition) is 2. The van der Waals surface area contributed by atoms with Crippen LogP contribution in [0.4, 0.5) is 0 Å². The van der Waals surface area contributed by atoms with E-state index in [0.717, 1.165) is 45.3 Å². The first-order valence-corrected chi connectivity index (χ1v) is 12.0. The Labute approximate surface area is 183 Å². The molecule has 0 aromatic rings. The van der Waals surface area contributed by atoms with Gasteiger partial charge >= 0.3 is 0 Å². The van der Waals surface area contributed by atoms with Crippen molar-refractivity contribution in [1.29, 1.82) is 0 Å². The zero-order valence-corrected chi connectivity index (χ0v) is 20.5. The van der Waals surface area contributed by atoms with Crippen LogP contribution in [0.1, 0.15) is 117 Å². The molecule has 0 unspecified atom stereocenters. The van der Waals surface area contributed by atoms with Gasteiger partial charge in [0, 0.05) is 19.5 Å². The Morgan fingerprint density at radius 1 is 0.571 bits per heavy atom. The molecule has 0 spiro atoms. The van der Waals surface area contributed by atoms with Gasteiger partial charge in [-0.05, 0) is 39.9 Å². The van der Waals surface area contributed by atoms with Crippen LogP contribution in [0, 0.1) is 0 Å². The van der Waals surface area contributed by atoms with Crippen molar-refractivity contribution in [3.05, 3.63) is 0 Å². The molecule has 0 aromatic heterocycles. The van der Waals surface area contributed by atoms with Crippen molar-refractivity contribution in [3.63, 3.8) is 0 Å². The molecule has 0 radical (unpaired) electrons. The molecule has 4 heteroatoms. The van der Waals surface area contributed by atoms with Crippen LogP contribution in [-0.4, -0.2) is 49.4 Å². The zero-order chi connectivity index (χ0) is 20.2. The summed E-state index contributed by atoms with van der Waals surface area (Å²) in [6.07, 6.45) is 20.5. The molecule has 0 aromatic carbocycles. The predicted octanol–water partition coefficient (Wildman–Crippen LogP) is 7.08. The van der Waals surface area contributed by atoms with Crippen molar-refractivity contribution >= 4 is 18.3 Å². The van der Waals surface area contributed by atoms with Gasteiger partial charge in [-0.3, -0.25) is 4.79 Å². The maximum Gasteiger partial charge on any atom is 0.222 e. The van der Waals surface area contributed by atoms with Gasteiger partial charge in [0.1, 0.15) is 0 Å². The van der Waals surface area contributed by atoms with Crippen LogP contribution in [-0.2, 0) is 4.79 Å². The van der Waals surface area contributed by atoms with Crippen LogP contribution in [0.25, 0.3) is 0 Å². The molecular formula is C24H51ClN2O. The molecule has 0 saturated heterocycles. The third-order valence-corrected chi connectivity index (χ3v) is 5.37. The van der Waals surface area contributed by atoms with Gasteiger partial charge < -0.3 is 9.80 Å². The summed E-state index contributed by atoms with van der Waals surface area (Å²) in [4.78, 5) is 16.7. The molecule has 0 atom stereocenters. The number of amides is 1. The second-order valence-corrected chi connectivity index (χ2v) is 8.53. The molecule has 0 aliphatic carbocycles. The minimum atomic E-state index is 0. The number of halogens is 1. The average molecular weight is 419 g/mol. The van der Waals surface area contributed by atoms with Crippen molar-refractivity contribution in [2.45, 2.75) is 117 Å². The summed E-state index contributed by atoms with van der Waals surface area (Å²) < 4.78 is 0. The van der Waals surface area contributed by atoms with Gasteiger partial charge in [0.2, 0.25) is 5.91 Å². The van der Waals surface area contributed by atoms with Crippen molar-refractivity contribution in [2.75, 3.05) is 33.7 Å². The quantitative estimate of drug-likeness (QED) is 0.197. The highest BCUT2D eigenvalue weighted by Crippen LogP contribution is 2.13. The highest BCUT2D eigenvalue weighted by atomic mass is 35.5. The SMILES string of the molecule is CCCCCCCCCCCCCCCC(=O)N(CCC)CCCN(C)C.Cl. The largest absolute Gasteiger partial charge is 0.343 e. The second kappa shape index (κ2) is 23.0. The van der Waals surface area contributed by atoms with E-state index < -0.39 is 0 Å². The number of nitrogens with zero attached hydrogens (tertiary/aromatic N) is 2. The first kappa shape index (κ1) is 29.9. The molecule has 28 heavy (non-hydrogen) atoms. The fourth-order valence-electron chi connectivity index (χ4n) is 3.66. The van der Waals surface area contributed by atoms with Crippen molar-refractivity contribution < 1.29 is 4.79 Å². The van der Waals surface area contributed by atoms with Gasteiger partial charge in [-0.2, -0.15) is 0 Å². The Kier molecular flexibility index (Phi) is 24.6. The first-order chi connectivity index (χ1) is 13.1. The molecule has 0 aliphatic rings. The average Bonchev–Trinajstić information content (AvgIpc) is 2.64. The number of carbonyl (C=O) groups excluding carboxylic acids is 1. The van der Waals surface area contributed by atoms with E-state index in [1.54, 1.807) is 0 Å². The van der Waals surface area contributed by atoms with Crippen LogP contribution in [0.15, 0.2) is 0 Å². The topological polar surface area (TPSA) is 23.6 Å². The second-order valence-electron chi connectivity index (χ2n) is 8.53. The van der Waals surface area contributed by atoms with Crippen molar-refractivity contribution in [1.82, 2.24) is 9.80 Å². The minimum Gasteiger partial charge on any atom is -0.343 e.